The second-order valence-electron chi connectivity index (χ2n) is 8.99. The van der Waals surface area contributed by atoms with E-state index in [0.29, 0.717) is 11.3 Å². The molecule has 8 heteroatoms. The zero-order chi connectivity index (χ0) is 20.4. The molecule has 0 unspecified atom stereocenters. The number of nitrogens with zero attached hydrogens (tertiary/aromatic N) is 3. The molecule has 1 saturated heterocycles. The number of ether oxygens (including phenoxy) is 1. The van der Waals surface area contributed by atoms with Crippen LogP contribution in [0.15, 0.2) is 4.99 Å². The number of carbonyl (C=O) groups is 1. The number of carbonyl (C=O) groups excluding carboxylic acids is 1. The maximum absolute atomic E-state index is 11.9. The van der Waals surface area contributed by atoms with Gasteiger partial charge in [-0.15, -0.1) is 24.0 Å². The maximum Gasteiger partial charge on any atom is 0.243 e. The van der Waals surface area contributed by atoms with Crippen LogP contribution in [0, 0.1) is 11.3 Å². The first-order valence-corrected chi connectivity index (χ1v) is 10.9. The third-order valence-corrected chi connectivity index (χ3v) is 5.80. The van der Waals surface area contributed by atoms with Crippen LogP contribution >= 0.6 is 24.0 Å². The van der Waals surface area contributed by atoms with Crippen LogP contribution in [-0.4, -0.2) is 88.2 Å². The van der Waals surface area contributed by atoms with Crippen molar-refractivity contribution in [2.75, 3.05) is 66.6 Å². The van der Waals surface area contributed by atoms with Gasteiger partial charge in [-0.25, -0.2) is 4.99 Å². The van der Waals surface area contributed by atoms with Gasteiger partial charge in [0.1, 0.15) is 6.54 Å². The Labute approximate surface area is 194 Å². The summed E-state index contributed by atoms with van der Waals surface area (Å²) in [6, 6.07) is 0. The van der Waals surface area contributed by atoms with Crippen molar-refractivity contribution in [2.24, 2.45) is 16.3 Å². The molecule has 0 bridgehead atoms. The molecule has 2 aliphatic rings. The molecule has 1 aliphatic heterocycles. The molecule has 0 atom stereocenters. The Morgan fingerprint density at radius 1 is 1.21 bits per heavy atom. The number of morpholine rings is 1. The summed E-state index contributed by atoms with van der Waals surface area (Å²) in [6.07, 6.45) is 6.21. The van der Waals surface area contributed by atoms with Gasteiger partial charge in [0.25, 0.3) is 0 Å². The average molecular weight is 524 g/mol. The number of aliphatic imine (C=N–C) groups is 1. The largest absolute Gasteiger partial charge is 0.379 e. The SMILES string of the molecule is CC(C)CC1(CNC(=NCC(=O)N(C)C)NCCCN2CCOCC2)CCC1.I. The van der Waals surface area contributed by atoms with E-state index in [1.54, 1.807) is 19.0 Å². The number of nitrogens with one attached hydrogen (secondary N) is 2. The molecule has 2 fully saturated rings. The van der Waals surface area contributed by atoms with E-state index < -0.39 is 0 Å². The molecule has 0 spiro atoms. The lowest BCUT2D eigenvalue weighted by molar-refractivity contribution is -0.127. The van der Waals surface area contributed by atoms with Crippen LogP contribution in [0.1, 0.15) is 46.0 Å². The fourth-order valence-electron chi connectivity index (χ4n) is 4.06. The van der Waals surface area contributed by atoms with Gasteiger partial charge in [-0.2, -0.15) is 0 Å². The summed E-state index contributed by atoms with van der Waals surface area (Å²) in [6.45, 7) is 11.4. The predicted octanol–water partition coefficient (Wildman–Crippen LogP) is 2.17. The lowest BCUT2D eigenvalue weighted by Crippen LogP contribution is -2.47. The molecule has 1 amide bonds. The van der Waals surface area contributed by atoms with Crippen LogP contribution in [0.2, 0.25) is 0 Å². The molecule has 1 heterocycles. The molecule has 2 rings (SSSR count). The molecule has 7 nitrogen and oxygen atoms in total. The highest BCUT2D eigenvalue weighted by Gasteiger charge is 2.37. The monoisotopic (exact) mass is 523 g/mol. The Balaban J connectivity index is 0.00000420. The Bertz CT molecular complexity index is 503. The van der Waals surface area contributed by atoms with Gasteiger partial charge < -0.3 is 20.3 Å². The number of hydrogen-bond acceptors (Lipinski definition) is 4. The summed E-state index contributed by atoms with van der Waals surface area (Å²) in [4.78, 5) is 20.5. The van der Waals surface area contributed by atoms with Gasteiger partial charge in [-0.3, -0.25) is 9.69 Å². The first kappa shape index (κ1) is 26.4. The zero-order valence-corrected chi connectivity index (χ0v) is 21.2. The highest BCUT2D eigenvalue weighted by molar-refractivity contribution is 14.0. The van der Waals surface area contributed by atoms with Crippen molar-refractivity contribution < 1.29 is 9.53 Å². The minimum absolute atomic E-state index is 0. The van der Waals surface area contributed by atoms with E-state index in [-0.39, 0.29) is 36.4 Å². The van der Waals surface area contributed by atoms with E-state index in [1.807, 2.05) is 0 Å². The lowest BCUT2D eigenvalue weighted by Gasteiger charge is -2.43. The Morgan fingerprint density at radius 3 is 2.45 bits per heavy atom. The summed E-state index contributed by atoms with van der Waals surface area (Å²) in [5.41, 5.74) is 0.399. The minimum atomic E-state index is 0. The van der Waals surface area contributed by atoms with E-state index in [1.165, 1.54) is 25.7 Å². The molecular formula is C21H42IN5O2. The summed E-state index contributed by atoms with van der Waals surface area (Å²) >= 11 is 0. The van der Waals surface area contributed by atoms with Crippen molar-refractivity contribution in [1.82, 2.24) is 20.4 Å². The third-order valence-electron chi connectivity index (χ3n) is 5.80. The molecule has 0 aromatic carbocycles. The number of hydrogen-bond donors (Lipinski definition) is 2. The van der Waals surface area contributed by atoms with Crippen LogP contribution < -0.4 is 10.6 Å². The second-order valence-corrected chi connectivity index (χ2v) is 8.99. The predicted molar refractivity (Wildman–Crippen MR) is 130 cm³/mol. The van der Waals surface area contributed by atoms with Crippen LogP contribution in [-0.2, 0) is 9.53 Å². The molecule has 1 aliphatic carbocycles. The topological polar surface area (TPSA) is 69.2 Å². The lowest BCUT2D eigenvalue weighted by atomic mass is 9.64. The number of amides is 1. The van der Waals surface area contributed by atoms with Gasteiger partial charge in [0.05, 0.1) is 13.2 Å². The fraction of sp³-hybridized carbons (Fsp3) is 0.905. The molecule has 170 valence electrons. The van der Waals surface area contributed by atoms with Crippen LogP contribution in [0.4, 0.5) is 0 Å². The Morgan fingerprint density at radius 2 is 1.90 bits per heavy atom. The number of halogens is 1. The average Bonchev–Trinajstić information content (AvgIpc) is 2.64. The van der Waals surface area contributed by atoms with Gasteiger partial charge >= 0.3 is 0 Å². The van der Waals surface area contributed by atoms with E-state index >= 15 is 0 Å². The quantitative estimate of drug-likeness (QED) is 0.199. The summed E-state index contributed by atoms with van der Waals surface area (Å²) in [5.74, 6) is 1.50. The minimum Gasteiger partial charge on any atom is -0.379 e. The van der Waals surface area contributed by atoms with Crippen LogP contribution in [0.3, 0.4) is 0 Å². The van der Waals surface area contributed by atoms with Crippen molar-refractivity contribution in [3.05, 3.63) is 0 Å². The molecule has 0 aromatic rings. The standard InChI is InChI=1S/C21H41N5O2.HI/c1-18(2)15-21(7-5-8-21)17-24-20(23-16-19(27)25(3)4)22-9-6-10-26-11-13-28-14-12-26;/h18H,5-17H2,1-4H3,(H2,22,23,24);1H. The van der Waals surface area contributed by atoms with E-state index in [9.17, 15) is 4.79 Å². The molecule has 0 aromatic heterocycles. The summed E-state index contributed by atoms with van der Waals surface area (Å²) in [5, 5.41) is 6.97. The first-order chi connectivity index (χ1) is 13.4. The van der Waals surface area contributed by atoms with Gasteiger partial charge in [0.2, 0.25) is 5.91 Å². The summed E-state index contributed by atoms with van der Waals surface area (Å²) in [7, 11) is 3.54. The van der Waals surface area contributed by atoms with E-state index in [4.69, 9.17) is 4.74 Å². The Kier molecular flexibility index (Phi) is 12.4. The molecule has 1 saturated carbocycles. The number of guanidine groups is 1. The third kappa shape index (κ3) is 9.83. The second kappa shape index (κ2) is 13.6. The first-order valence-electron chi connectivity index (χ1n) is 10.9. The molecule has 2 N–H and O–H groups in total. The highest BCUT2D eigenvalue weighted by atomic mass is 127. The van der Waals surface area contributed by atoms with Crippen molar-refractivity contribution in [3.63, 3.8) is 0 Å². The smallest absolute Gasteiger partial charge is 0.243 e. The normalized spacial score (nSPS) is 19.3. The Hall–Kier alpha value is -0.610. The summed E-state index contributed by atoms with van der Waals surface area (Å²) < 4.78 is 5.40. The molecular weight excluding hydrogens is 481 g/mol. The van der Waals surface area contributed by atoms with Crippen molar-refractivity contribution >= 4 is 35.8 Å². The highest BCUT2D eigenvalue weighted by Crippen LogP contribution is 2.45. The van der Waals surface area contributed by atoms with Crippen molar-refractivity contribution in [3.8, 4) is 0 Å². The number of likely N-dealkylation sites (N-methyl/N-ethyl adjacent to an activating group) is 1. The zero-order valence-electron chi connectivity index (χ0n) is 18.8. The van der Waals surface area contributed by atoms with Gasteiger partial charge in [-0.1, -0.05) is 20.3 Å². The van der Waals surface area contributed by atoms with E-state index in [0.717, 1.165) is 58.3 Å². The van der Waals surface area contributed by atoms with Crippen molar-refractivity contribution in [1.29, 1.82) is 0 Å². The molecule has 0 radical (unpaired) electrons. The number of rotatable bonds is 10. The van der Waals surface area contributed by atoms with Crippen molar-refractivity contribution in [2.45, 2.75) is 46.0 Å². The van der Waals surface area contributed by atoms with Crippen LogP contribution in [0.25, 0.3) is 0 Å². The fourth-order valence-corrected chi connectivity index (χ4v) is 4.06. The van der Waals surface area contributed by atoms with Gasteiger partial charge in [0.15, 0.2) is 5.96 Å². The van der Waals surface area contributed by atoms with Gasteiger partial charge in [0, 0.05) is 40.3 Å². The van der Waals surface area contributed by atoms with Gasteiger partial charge in [-0.05, 0) is 43.6 Å². The molecule has 29 heavy (non-hydrogen) atoms. The maximum atomic E-state index is 11.9. The van der Waals surface area contributed by atoms with Crippen LogP contribution in [0.5, 0.6) is 0 Å². The van der Waals surface area contributed by atoms with E-state index in [2.05, 4.69) is 34.4 Å².